The van der Waals surface area contributed by atoms with Gasteiger partial charge in [-0.25, -0.2) is 23.5 Å². The number of nitrogens with zero attached hydrogens (tertiary/aromatic N) is 3. The van der Waals surface area contributed by atoms with Gasteiger partial charge in [-0.3, -0.25) is 9.59 Å². The Morgan fingerprint density at radius 3 is 2.06 bits per heavy atom. The lowest BCUT2D eigenvalue weighted by molar-refractivity contribution is -0.171. The van der Waals surface area contributed by atoms with Gasteiger partial charge in [0.05, 0.1) is 26.5 Å². The highest BCUT2D eigenvalue weighted by Gasteiger charge is 2.62. The first kappa shape index (κ1) is 20.9. The van der Waals surface area contributed by atoms with Crippen molar-refractivity contribution in [2.75, 3.05) is 14.2 Å². The maximum Gasteiger partial charge on any atom is 0.352 e. The van der Waals surface area contributed by atoms with Crippen LogP contribution >= 0.6 is 15.9 Å². The van der Waals surface area contributed by atoms with E-state index in [-0.39, 0.29) is 0 Å². The number of esters is 2. The number of rotatable bonds is 4. The van der Waals surface area contributed by atoms with Crippen molar-refractivity contribution in [3.63, 3.8) is 0 Å². The third kappa shape index (κ3) is 2.97. The topological polar surface area (TPSA) is 102 Å². The van der Waals surface area contributed by atoms with E-state index in [0.717, 1.165) is 32.6 Å². The highest BCUT2D eigenvalue weighted by atomic mass is 79.9. The van der Waals surface area contributed by atoms with Gasteiger partial charge in [0, 0.05) is 4.47 Å². The molecule has 31 heavy (non-hydrogen) atoms. The van der Waals surface area contributed by atoms with Crippen molar-refractivity contribution in [1.29, 1.82) is 0 Å². The highest BCUT2D eigenvalue weighted by molar-refractivity contribution is 9.10. The number of para-hydroxylation sites is 1. The number of aromatic nitrogens is 3. The average Bonchev–Trinajstić information content (AvgIpc) is 3.27. The van der Waals surface area contributed by atoms with Gasteiger partial charge in [-0.15, -0.1) is 0 Å². The fraction of sp³-hybridized carbons (Fsp3) is 0.238. The first-order valence-corrected chi connectivity index (χ1v) is 10.1. The Morgan fingerprint density at radius 2 is 1.52 bits per heavy atom. The Balaban J connectivity index is 2.05. The van der Waals surface area contributed by atoms with E-state index in [1.165, 1.54) is 0 Å². The van der Waals surface area contributed by atoms with E-state index in [2.05, 4.69) is 15.9 Å². The Labute approximate surface area is 184 Å². The third-order valence-electron chi connectivity index (χ3n) is 5.47. The lowest BCUT2D eigenvalue weighted by Gasteiger charge is -2.29. The molecule has 1 aliphatic rings. The van der Waals surface area contributed by atoms with Crippen LogP contribution in [0.25, 0.3) is 5.69 Å². The van der Waals surface area contributed by atoms with Crippen molar-refractivity contribution in [2.45, 2.75) is 12.6 Å². The second-order valence-corrected chi connectivity index (χ2v) is 7.96. The molecule has 2 aromatic carbocycles. The van der Waals surface area contributed by atoms with Gasteiger partial charge >= 0.3 is 23.3 Å². The van der Waals surface area contributed by atoms with E-state index < -0.39 is 41.3 Å². The third-order valence-corrected chi connectivity index (χ3v) is 6.00. The zero-order valence-corrected chi connectivity index (χ0v) is 18.2. The van der Waals surface area contributed by atoms with Crippen molar-refractivity contribution in [3.8, 4) is 5.69 Å². The molecule has 1 aromatic heterocycles. The number of methoxy groups -OCH3 is 2. The summed E-state index contributed by atoms with van der Waals surface area (Å²) in [5, 5.41) is 0. The molecular formula is C21H18BrN3O6. The van der Waals surface area contributed by atoms with Crippen molar-refractivity contribution in [3.05, 3.63) is 85.6 Å². The van der Waals surface area contributed by atoms with Crippen molar-refractivity contribution in [1.82, 2.24) is 13.9 Å². The van der Waals surface area contributed by atoms with Crippen LogP contribution in [0, 0.1) is 5.41 Å². The van der Waals surface area contributed by atoms with Crippen molar-refractivity contribution in [2.24, 2.45) is 5.41 Å². The minimum absolute atomic E-state index is 0.378. The molecule has 0 fully saturated rings. The fourth-order valence-electron chi connectivity index (χ4n) is 4.09. The number of benzene rings is 2. The van der Waals surface area contributed by atoms with Gasteiger partial charge in [0.15, 0.2) is 0 Å². The minimum atomic E-state index is -1.94. The largest absolute Gasteiger partial charge is 0.468 e. The summed E-state index contributed by atoms with van der Waals surface area (Å²) in [5.74, 6) is -1.79. The summed E-state index contributed by atoms with van der Waals surface area (Å²) in [5.41, 5.74) is -2.45. The molecule has 0 N–H and O–H groups in total. The second-order valence-electron chi connectivity index (χ2n) is 7.05. The van der Waals surface area contributed by atoms with E-state index >= 15 is 0 Å². The van der Waals surface area contributed by atoms with E-state index in [9.17, 15) is 19.2 Å². The number of ether oxygens (including phenoxy) is 2. The minimum Gasteiger partial charge on any atom is -0.468 e. The normalized spacial score (nSPS) is 16.5. The summed E-state index contributed by atoms with van der Waals surface area (Å²) in [6, 6.07) is 14.0. The Morgan fingerprint density at radius 1 is 0.935 bits per heavy atom. The molecule has 2 heterocycles. The molecule has 0 spiro atoms. The molecule has 1 aliphatic heterocycles. The van der Waals surface area contributed by atoms with Crippen LogP contribution in [0.5, 0.6) is 0 Å². The summed E-state index contributed by atoms with van der Waals surface area (Å²) in [6.45, 7) is -0.402. The van der Waals surface area contributed by atoms with Gasteiger partial charge in [0.25, 0.3) is 0 Å². The molecule has 1 unspecified atom stereocenters. The molecule has 0 amide bonds. The van der Waals surface area contributed by atoms with Crippen LogP contribution in [-0.4, -0.2) is 40.1 Å². The Hall–Kier alpha value is -3.40. The molecular weight excluding hydrogens is 470 g/mol. The van der Waals surface area contributed by atoms with Crippen LogP contribution < -0.4 is 11.4 Å². The lowest BCUT2D eigenvalue weighted by atomic mass is 9.77. The number of hydrogen-bond donors (Lipinski definition) is 0. The van der Waals surface area contributed by atoms with Gasteiger partial charge in [0.1, 0.15) is 6.04 Å². The molecule has 0 radical (unpaired) electrons. The molecule has 0 aliphatic carbocycles. The van der Waals surface area contributed by atoms with Gasteiger partial charge < -0.3 is 9.47 Å². The zero-order chi connectivity index (χ0) is 22.3. The summed E-state index contributed by atoms with van der Waals surface area (Å²) < 4.78 is 13.9. The SMILES string of the molecule is COC(=O)C1(C(=O)OC)Cn2c(=O)n(-c3ccccc3)c(=O)n2C1c1ccc(Br)cc1. The van der Waals surface area contributed by atoms with Gasteiger partial charge in [0.2, 0.25) is 5.41 Å². The molecule has 0 saturated heterocycles. The number of hydrogen-bond acceptors (Lipinski definition) is 6. The quantitative estimate of drug-likeness (QED) is 0.408. The monoisotopic (exact) mass is 487 g/mol. The van der Waals surface area contributed by atoms with Crippen LogP contribution in [0.15, 0.2) is 68.7 Å². The van der Waals surface area contributed by atoms with Crippen LogP contribution in [0.3, 0.4) is 0 Å². The summed E-state index contributed by atoms with van der Waals surface area (Å²) in [6.07, 6.45) is 0. The Bertz CT molecular complexity index is 1260. The van der Waals surface area contributed by atoms with Crippen LogP contribution in [-0.2, 0) is 25.6 Å². The van der Waals surface area contributed by atoms with Crippen LogP contribution in [0.4, 0.5) is 0 Å². The smallest absolute Gasteiger partial charge is 0.352 e. The number of fused-ring (bicyclic) bond motifs is 1. The standard InChI is InChI=1S/C21H18BrN3O6/c1-30-17(26)21(18(27)31-2)12-23-19(28)24(15-6-4-3-5-7-15)20(29)25(23)16(21)13-8-10-14(22)11-9-13/h3-11,16H,12H2,1-2H3. The van der Waals surface area contributed by atoms with Gasteiger partial charge in [-0.1, -0.05) is 46.3 Å². The van der Waals surface area contributed by atoms with E-state index in [0.29, 0.717) is 11.3 Å². The number of halogens is 1. The van der Waals surface area contributed by atoms with E-state index in [4.69, 9.17) is 9.47 Å². The Kier molecular flexibility index (Phi) is 5.18. The first-order chi connectivity index (χ1) is 14.9. The molecule has 1 atom stereocenters. The average molecular weight is 488 g/mol. The molecule has 3 aromatic rings. The molecule has 10 heteroatoms. The van der Waals surface area contributed by atoms with Crippen LogP contribution in [0.2, 0.25) is 0 Å². The second kappa shape index (κ2) is 7.69. The zero-order valence-electron chi connectivity index (χ0n) is 16.6. The van der Waals surface area contributed by atoms with E-state index in [1.807, 2.05) is 0 Å². The maximum atomic E-state index is 13.4. The van der Waals surface area contributed by atoms with Crippen molar-refractivity contribution >= 4 is 27.9 Å². The van der Waals surface area contributed by atoms with Gasteiger partial charge in [-0.05, 0) is 29.8 Å². The van der Waals surface area contributed by atoms with E-state index in [1.54, 1.807) is 54.6 Å². The summed E-state index contributed by atoms with van der Waals surface area (Å²) in [7, 11) is 2.29. The summed E-state index contributed by atoms with van der Waals surface area (Å²) in [4.78, 5) is 52.6. The molecule has 0 saturated carbocycles. The molecule has 160 valence electrons. The van der Waals surface area contributed by atoms with Crippen molar-refractivity contribution < 1.29 is 19.1 Å². The predicted molar refractivity (Wildman–Crippen MR) is 113 cm³/mol. The maximum absolute atomic E-state index is 13.4. The summed E-state index contributed by atoms with van der Waals surface area (Å²) >= 11 is 3.35. The number of carbonyl (C=O) groups is 2. The lowest BCUT2D eigenvalue weighted by Crippen LogP contribution is -2.48. The molecule has 0 bridgehead atoms. The molecule has 4 rings (SSSR count). The predicted octanol–water partition coefficient (Wildman–Crippen LogP) is 1.50. The first-order valence-electron chi connectivity index (χ1n) is 9.29. The van der Waals surface area contributed by atoms with Crippen LogP contribution in [0.1, 0.15) is 11.6 Å². The highest BCUT2D eigenvalue weighted by Crippen LogP contribution is 2.44. The fourth-order valence-corrected chi connectivity index (χ4v) is 4.35. The number of carbonyl (C=O) groups excluding carboxylic acids is 2. The molecule has 9 nitrogen and oxygen atoms in total. The van der Waals surface area contributed by atoms with Gasteiger partial charge in [-0.2, -0.15) is 0 Å².